The number of rotatable bonds is 7. The number of urea groups is 1. The molecule has 3 aromatic rings. The minimum absolute atomic E-state index is 0.402. The van der Waals surface area contributed by atoms with Crippen LogP contribution in [0.15, 0.2) is 66.7 Å². The summed E-state index contributed by atoms with van der Waals surface area (Å²) in [5, 5.41) is 6.75. The van der Waals surface area contributed by atoms with Gasteiger partial charge < -0.3 is 21.1 Å². The zero-order valence-corrected chi connectivity index (χ0v) is 18.0. The molecule has 1 unspecified atom stereocenters. The van der Waals surface area contributed by atoms with Gasteiger partial charge in [0, 0.05) is 22.3 Å². The molecule has 1 fully saturated rings. The first kappa shape index (κ1) is 21.2. The van der Waals surface area contributed by atoms with Crippen molar-refractivity contribution in [3.8, 4) is 16.9 Å². The largest absolute Gasteiger partial charge is 0.491 e. The topological polar surface area (TPSA) is 76.4 Å². The Kier molecular flexibility index (Phi) is 6.75. The number of nitrogens with one attached hydrogen (secondary N) is 2. The summed E-state index contributed by atoms with van der Waals surface area (Å²) in [4.78, 5) is 11.0. The average Bonchev–Trinajstić information content (AvgIpc) is 3.27. The van der Waals surface area contributed by atoms with Gasteiger partial charge in [0.1, 0.15) is 12.4 Å². The Morgan fingerprint density at radius 2 is 1.90 bits per heavy atom. The van der Waals surface area contributed by atoms with Crippen molar-refractivity contribution >= 4 is 23.3 Å². The number of anilines is 1. The minimum atomic E-state index is -0.567. The molecule has 3 aromatic carbocycles. The van der Waals surface area contributed by atoms with Gasteiger partial charge in [0.05, 0.1) is 0 Å². The van der Waals surface area contributed by atoms with Crippen molar-refractivity contribution in [3.05, 3.63) is 82.9 Å². The molecule has 1 heterocycles. The van der Waals surface area contributed by atoms with Gasteiger partial charge in [0.25, 0.3) is 0 Å². The molecule has 0 bridgehead atoms. The van der Waals surface area contributed by atoms with Gasteiger partial charge in [0.2, 0.25) is 0 Å². The fourth-order valence-electron chi connectivity index (χ4n) is 3.87. The monoisotopic (exact) mass is 435 g/mol. The van der Waals surface area contributed by atoms with Crippen molar-refractivity contribution in [2.24, 2.45) is 5.73 Å². The van der Waals surface area contributed by atoms with Crippen molar-refractivity contribution < 1.29 is 9.53 Å². The van der Waals surface area contributed by atoms with Crippen LogP contribution in [0, 0.1) is 0 Å². The third-order valence-corrected chi connectivity index (χ3v) is 5.65. The standard InChI is InChI=1S/C25H26ClN3O2/c26-20-4-1-3-19(15-20)23-14-18(8-11-24(23)31-16-22-5-2-12-28-22)13-17-6-9-21(10-7-17)29-25(27)30/h1,3-4,6-11,14-15,22,28H,2,5,12-13,16H2,(H3,27,29,30). The molecule has 6 heteroatoms. The van der Waals surface area contributed by atoms with E-state index in [0.717, 1.165) is 47.4 Å². The van der Waals surface area contributed by atoms with Gasteiger partial charge in [-0.15, -0.1) is 0 Å². The maximum Gasteiger partial charge on any atom is 0.316 e. The van der Waals surface area contributed by atoms with Crippen LogP contribution in [0.4, 0.5) is 10.5 Å². The van der Waals surface area contributed by atoms with E-state index in [1.54, 1.807) is 0 Å². The molecule has 0 radical (unpaired) electrons. The average molecular weight is 436 g/mol. The van der Waals surface area contributed by atoms with Crippen LogP contribution in [0.3, 0.4) is 0 Å². The van der Waals surface area contributed by atoms with Gasteiger partial charge in [-0.25, -0.2) is 4.79 Å². The first-order chi connectivity index (χ1) is 15.1. The summed E-state index contributed by atoms with van der Waals surface area (Å²) in [6, 6.07) is 21.7. The zero-order valence-electron chi connectivity index (χ0n) is 17.2. The molecule has 1 aliphatic heterocycles. The van der Waals surface area contributed by atoms with Crippen LogP contribution >= 0.6 is 11.6 Å². The van der Waals surface area contributed by atoms with E-state index in [1.807, 2.05) is 48.5 Å². The number of hydrogen-bond donors (Lipinski definition) is 3. The molecule has 0 spiro atoms. The minimum Gasteiger partial charge on any atom is -0.491 e. The molecule has 4 rings (SSSR count). The lowest BCUT2D eigenvalue weighted by Crippen LogP contribution is -2.28. The van der Waals surface area contributed by atoms with Crippen LogP contribution in [0.2, 0.25) is 5.02 Å². The second-order valence-corrected chi connectivity index (χ2v) is 8.24. The Bertz CT molecular complexity index is 1050. The quantitative estimate of drug-likeness (QED) is 0.476. The lowest BCUT2D eigenvalue weighted by Gasteiger charge is -2.17. The van der Waals surface area contributed by atoms with E-state index in [9.17, 15) is 4.79 Å². The number of benzene rings is 3. The van der Waals surface area contributed by atoms with Crippen molar-refractivity contribution in [1.29, 1.82) is 0 Å². The van der Waals surface area contributed by atoms with E-state index in [2.05, 4.69) is 28.8 Å². The van der Waals surface area contributed by atoms with Crippen LogP contribution in [0.1, 0.15) is 24.0 Å². The normalized spacial score (nSPS) is 15.6. The summed E-state index contributed by atoms with van der Waals surface area (Å²) < 4.78 is 6.22. The molecular weight excluding hydrogens is 410 g/mol. The van der Waals surface area contributed by atoms with Crippen molar-refractivity contribution in [1.82, 2.24) is 5.32 Å². The second-order valence-electron chi connectivity index (χ2n) is 7.81. The van der Waals surface area contributed by atoms with Gasteiger partial charge in [-0.05, 0) is 78.9 Å². The first-order valence-electron chi connectivity index (χ1n) is 10.5. The maximum absolute atomic E-state index is 11.0. The van der Waals surface area contributed by atoms with Crippen LogP contribution < -0.4 is 21.1 Å². The van der Waals surface area contributed by atoms with Gasteiger partial charge in [-0.2, -0.15) is 0 Å². The number of nitrogens with two attached hydrogens (primary N) is 1. The predicted octanol–water partition coefficient (Wildman–Crippen LogP) is 5.22. The maximum atomic E-state index is 11.0. The van der Waals surface area contributed by atoms with Gasteiger partial charge in [-0.3, -0.25) is 0 Å². The van der Waals surface area contributed by atoms with Gasteiger partial charge in [0.15, 0.2) is 0 Å². The number of halogens is 1. The summed E-state index contributed by atoms with van der Waals surface area (Å²) >= 11 is 6.26. The van der Waals surface area contributed by atoms with Crippen molar-refractivity contribution in [2.45, 2.75) is 25.3 Å². The summed E-state index contributed by atoms with van der Waals surface area (Å²) in [7, 11) is 0. The summed E-state index contributed by atoms with van der Waals surface area (Å²) in [6.45, 7) is 1.71. The van der Waals surface area contributed by atoms with E-state index in [0.29, 0.717) is 23.4 Å². The van der Waals surface area contributed by atoms with E-state index in [1.165, 1.54) is 6.42 Å². The number of ether oxygens (including phenoxy) is 1. The van der Waals surface area contributed by atoms with Crippen molar-refractivity contribution in [2.75, 3.05) is 18.5 Å². The molecule has 5 nitrogen and oxygen atoms in total. The Hall–Kier alpha value is -3.02. The van der Waals surface area contributed by atoms with E-state index < -0.39 is 6.03 Å². The molecule has 4 N–H and O–H groups in total. The molecule has 1 saturated heterocycles. The number of carbonyl (C=O) groups is 1. The number of carbonyl (C=O) groups excluding carboxylic acids is 1. The molecular formula is C25H26ClN3O2. The van der Waals surface area contributed by atoms with Gasteiger partial charge in [-0.1, -0.05) is 41.9 Å². The highest BCUT2D eigenvalue weighted by atomic mass is 35.5. The highest BCUT2D eigenvalue weighted by molar-refractivity contribution is 6.30. The zero-order chi connectivity index (χ0) is 21.6. The third kappa shape index (κ3) is 5.78. The fraction of sp³-hybridized carbons (Fsp3) is 0.240. The van der Waals surface area contributed by atoms with Crippen LogP contribution in [-0.4, -0.2) is 25.2 Å². The summed E-state index contributed by atoms with van der Waals surface area (Å²) in [5.41, 5.74) is 10.2. The van der Waals surface area contributed by atoms with E-state index in [4.69, 9.17) is 22.1 Å². The number of hydrogen-bond acceptors (Lipinski definition) is 3. The first-order valence-corrected chi connectivity index (χ1v) is 10.8. The molecule has 2 amide bonds. The second kappa shape index (κ2) is 9.86. The lowest BCUT2D eigenvalue weighted by molar-refractivity contribution is 0.259. The Labute approximate surface area is 187 Å². The van der Waals surface area contributed by atoms with Crippen LogP contribution in [-0.2, 0) is 6.42 Å². The molecule has 160 valence electrons. The van der Waals surface area contributed by atoms with Gasteiger partial charge >= 0.3 is 6.03 Å². The van der Waals surface area contributed by atoms with Crippen LogP contribution in [0.25, 0.3) is 11.1 Å². The number of amides is 2. The lowest BCUT2D eigenvalue weighted by atomic mass is 9.98. The molecule has 0 saturated carbocycles. The smallest absolute Gasteiger partial charge is 0.316 e. The molecule has 1 aliphatic rings. The fourth-order valence-corrected chi connectivity index (χ4v) is 4.06. The molecule has 1 atom stereocenters. The van der Waals surface area contributed by atoms with E-state index >= 15 is 0 Å². The predicted molar refractivity (Wildman–Crippen MR) is 126 cm³/mol. The SMILES string of the molecule is NC(=O)Nc1ccc(Cc2ccc(OCC3CCCN3)c(-c3cccc(Cl)c3)c2)cc1. The Balaban J connectivity index is 1.57. The van der Waals surface area contributed by atoms with Crippen LogP contribution in [0.5, 0.6) is 5.75 Å². The number of primary amides is 1. The molecule has 0 aromatic heterocycles. The third-order valence-electron chi connectivity index (χ3n) is 5.41. The van der Waals surface area contributed by atoms with Crippen molar-refractivity contribution in [3.63, 3.8) is 0 Å². The highest BCUT2D eigenvalue weighted by Gasteiger charge is 2.16. The molecule has 31 heavy (non-hydrogen) atoms. The van der Waals surface area contributed by atoms with E-state index in [-0.39, 0.29) is 0 Å². The summed E-state index contributed by atoms with van der Waals surface area (Å²) in [6.07, 6.45) is 3.10. The molecule has 0 aliphatic carbocycles. The Morgan fingerprint density at radius 1 is 1.10 bits per heavy atom. The summed E-state index contributed by atoms with van der Waals surface area (Å²) in [5.74, 6) is 0.862. The Morgan fingerprint density at radius 3 is 2.61 bits per heavy atom. The highest BCUT2D eigenvalue weighted by Crippen LogP contribution is 2.33.